The molecule has 6 nitrogen and oxygen atoms in total. The highest BCUT2D eigenvalue weighted by molar-refractivity contribution is 5.83. The van der Waals surface area contributed by atoms with Crippen molar-refractivity contribution in [3.63, 3.8) is 0 Å². The highest BCUT2D eigenvalue weighted by atomic mass is 16.5. The predicted octanol–water partition coefficient (Wildman–Crippen LogP) is 5.72. The maximum atomic E-state index is 13.3. The molecule has 0 fully saturated rings. The van der Waals surface area contributed by atoms with E-state index in [9.17, 15) is 9.90 Å². The van der Waals surface area contributed by atoms with Gasteiger partial charge in [-0.05, 0) is 55.2 Å². The van der Waals surface area contributed by atoms with E-state index < -0.39 is 0 Å². The average molecular weight is 440 g/mol. The topological polar surface area (TPSA) is 72.1 Å². The van der Waals surface area contributed by atoms with Gasteiger partial charge in [0.15, 0.2) is 0 Å². The molecule has 0 aliphatic heterocycles. The van der Waals surface area contributed by atoms with Crippen molar-refractivity contribution in [1.29, 1.82) is 0 Å². The van der Waals surface area contributed by atoms with E-state index in [-0.39, 0.29) is 16.9 Å². The molecule has 0 bridgehead atoms. The van der Waals surface area contributed by atoms with Crippen molar-refractivity contribution in [2.45, 2.75) is 41.2 Å². The Balaban J connectivity index is 2.02. The van der Waals surface area contributed by atoms with E-state index in [2.05, 4.69) is 32.6 Å². The fourth-order valence-corrected chi connectivity index (χ4v) is 3.89. The van der Waals surface area contributed by atoms with Crippen molar-refractivity contribution in [3.05, 3.63) is 57.9 Å². The number of nitrogens with zero attached hydrogens (tertiary/aromatic N) is 1. The molecule has 0 saturated heterocycles. The monoisotopic (exact) mass is 439 g/mol. The Labute approximate surface area is 189 Å². The zero-order chi connectivity index (χ0) is 23.4. The van der Waals surface area contributed by atoms with Crippen LogP contribution in [-0.4, -0.2) is 30.2 Å². The Kier molecular flexibility index (Phi) is 7.46. The summed E-state index contributed by atoms with van der Waals surface area (Å²) in [5.74, 6) is 2.80. The molecule has 0 saturated carbocycles. The Morgan fingerprint density at radius 1 is 0.969 bits per heavy atom. The van der Waals surface area contributed by atoms with Gasteiger partial charge in [-0.1, -0.05) is 27.7 Å². The predicted molar refractivity (Wildman–Crippen MR) is 127 cm³/mol. The SMILES string of the molecule is COc1ccc(Oc2c(C)oc3c(CN(CC(C)C)CC(C)C)c(O)ccc3c2=O)cc1. The molecule has 1 aromatic heterocycles. The van der Waals surface area contributed by atoms with Crippen molar-refractivity contribution in [2.24, 2.45) is 11.8 Å². The molecular weight excluding hydrogens is 406 g/mol. The third kappa shape index (κ3) is 5.43. The van der Waals surface area contributed by atoms with Crippen LogP contribution in [0.2, 0.25) is 0 Å². The number of hydrogen-bond donors (Lipinski definition) is 1. The molecule has 3 aromatic rings. The van der Waals surface area contributed by atoms with Crippen molar-refractivity contribution in [2.75, 3.05) is 20.2 Å². The Hall–Kier alpha value is -2.99. The fraction of sp³-hybridized carbons (Fsp3) is 0.423. The van der Waals surface area contributed by atoms with Gasteiger partial charge in [-0.15, -0.1) is 0 Å². The number of benzene rings is 2. The molecule has 0 atom stereocenters. The lowest BCUT2D eigenvalue weighted by Crippen LogP contribution is -2.31. The lowest BCUT2D eigenvalue weighted by molar-refractivity contribution is 0.209. The van der Waals surface area contributed by atoms with E-state index in [4.69, 9.17) is 13.9 Å². The molecule has 0 aliphatic rings. The molecule has 1 N–H and O–H groups in total. The zero-order valence-electron chi connectivity index (χ0n) is 19.8. The van der Waals surface area contributed by atoms with Crippen molar-refractivity contribution in [1.82, 2.24) is 4.90 Å². The Morgan fingerprint density at radius 3 is 2.12 bits per heavy atom. The van der Waals surface area contributed by atoms with Crippen LogP contribution in [0.5, 0.6) is 23.0 Å². The van der Waals surface area contributed by atoms with Crippen LogP contribution in [0, 0.1) is 18.8 Å². The smallest absolute Gasteiger partial charge is 0.235 e. The first kappa shape index (κ1) is 23.7. The molecule has 0 radical (unpaired) electrons. The molecule has 2 aromatic carbocycles. The van der Waals surface area contributed by atoms with Crippen LogP contribution < -0.4 is 14.9 Å². The second-order valence-corrected chi connectivity index (χ2v) is 9.02. The molecular formula is C26H33NO5. The third-order valence-corrected chi connectivity index (χ3v) is 5.17. The van der Waals surface area contributed by atoms with Gasteiger partial charge in [0.05, 0.1) is 18.1 Å². The summed E-state index contributed by atoms with van der Waals surface area (Å²) in [5, 5.41) is 11.0. The molecule has 6 heteroatoms. The summed E-state index contributed by atoms with van der Waals surface area (Å²) >= 11 is 0. The van der Waals surface area contributed by atoms with Crippen molar-refractivity contribution < 1.29 is 19.0 Å². The van der Waals surface area contributed by atoms with Gasteiger partial charge in [0, 0.05) is 19.6 Å². The maximum Gasteiger partial charge on any atom is 0.235 e. The number of hydrogen-bond acceptors (Lipinski definition) is 6. The minimum absolute atomic E-state index is 0.126. The van der Waals surface area contributed by atoms with Gasteiger partial charge in [0.2, 0.25) is 11.2 Å². The highest BCUT2D eigenvalue weighted by Gasteiger charge is 2.21. The molecule has 0 spiro atoms. The van der Waals surface area contributed by atoms with Gasteiger partial charge in [-0.3, -0.25) is 9.69 Å². The molecule has 172 valence electrons. The number of methoxy groups -OCH3 is 1. The normalized spacial score (nSPS) is 11.7. The lowest BCUT2D eigenvalue weighted by atomic mass is 10.1. The first-order valence-corrected chi connectivity index (χ1v) is 11.0. The molecule has 0 unspecified atom stereocenters. The van der Waals surface area contributed by atoms with E-state index >= 15 is 0 Å². The van der Waals surface area contributed by atoms with Crippen molar-refractivity contribution in [3.8, 4) is 23.0 Å². The number of ether oxygens (including phenoxy) is 2. The summed E-state index contributed by atoms with van der Waals surface area (Å²) in [7, 11) is 1.59. The van der Waals surface area contributed by atoms with E-state index in [0.717, 1.165) is 13.1 Å². The van der Waals surface area contributed by atoms with Crippen LogP contribution in [0.15, 0.2) is 45.6 Å². The second kappa shape index (κ2) is 10.1. The molecule has 3 rings (SSSR count). The van der Waals surface area contributed by atoms with Gasteiger partial charge in [-0.2, -0.15) is 0 Å². The molecule has 0 aliphatic carbocycles. The molecule has 1 heterocycles. The number of phenols is 1. The first-order valence-electron chi connectivity index (χ1n) is 11.0. The number of aryl methyl sites for hydroxylation is 1. The standard InChI is InChI=1S/C26H33NO5/c1-16(2)13-27(14-17(3)4)15-22-23(28)12-11-21-24(29)25(18(5)31-26(21)22)32-20-9-7-19(30-6)8-10-20/h7-12,16-17,28H,13-15H2,1-6H3. The number of fused-ring (bicyclic) bond motifs is 1. The Bertz CT molecular complexity index is 1110. The van der Waals surface area contributed by atoms with Gasteiger partial charge < -0.3 is 19.0 Å². The quantitative estimate of drug-likeness (QED) is 0.460. The van der Waals surface area contributed by atoms with Crippen LogP contribution in [0.1, 0.15) is 39.0 Å². The van der Waals surface area contributed by atoms with E-state index in [1.165, 1.54) is 0 Å². The van der Waals surface area contributed by atoms with E-state index in [1.54, 1.807) is 50.4 Å². The van der Waals surface area contributed by atoms with E-state index in [0.29, 0.717) is 52.2 Å². The van der Waals surface area contributed by atoms with Crippen LogP contribution in [0.3, 0.4) is 0 Å². The van der Waals surface area contributed by atoms with Gasteiger partial charge in [0.25, 0.3) is 0 Å². The van der Waals surface area contributed by atoms with Crippen LogP contribution >= 0.6 is 0 Å². The molecule has 0 amide bonds. The molecule has 32 heavy (non-hydrogen) atoms. The lowest BCUT2D eigenvalue weighted by Gasteiger charge is -2.26. The van der Waals surface area contributed by atoms with Gasteiger partial charge in [-0.25, -0.2) is 0 Å². The van der Waals surface area contributed by atoms with Crippen LogP contribution in [0.25, 0.3) is 11.0 Å². The fourth-order valence-electron chi connectivity index (χ4n) is 3.89. The summed E-state index contributed by atoms with van der Waals surface area (Å²) in [6, 6.07) is 10.2. The summed E-state index contributed by atoms with van der Waals surface area (Å²) in [5.41, 5.74) is 0.771. The summed E-state index contributed by atoms with van der Waals surface area (Å²) < 4.78 is 17.1. The minimum Gasteiger partial charge on any atom is -0.507 e. The first-order chi connectivity index (χ1) is 15.2. The summed E-state index contributed by atoms with van der Waals surface area (Å²) in [4.78, 5) is 15.6. The third-order valence-electron chi connectivity index (χ3n) is 5.17. The van der Waals surface area contributed by atoms with Crippen molar-refractivity contribution >= 4 is 11.0 Å². The maximum absolute atomic E-state index is 13.3. The number of phenolic OH excluding ortho intramolecular Hbond substituents is 1. The minimum atomic E-state index is -0.264. The number of rotatable bonds is 9. The number of aromatic hydroxyl groups is 1. The zero-order valence-corrected chi connectivity index (χ0v) is 19.8. The van der Waals surface area contributed by atoms with Crippen LogP contribution in [-0.2, 0) is 6.54 Å². The Morgan fingerprint density at radius 2 is 1.56 bits per heavy atom. The highest BCUT2D eigenvalue weighted by Crippen LogP contribution is 2.32. The van der Waals surface area contributed by atoms with Gasteiger partial charge >= 0.3 is 0 Å². The van der Waals surface area contributed by atoms with E-state index in [1.807, 2.05) is 0 Å². The average Bonchev–Trinajstić information content (AvgIpc) is 2.72. The largest absolute Gasteiger partial charge is 0.507 e. The van der Waals surface area contributed by atoms with Crippen LogP contribution in [0.4, 0.5) is 0 Å². The summed E-state index contributed by atoms with van der Waals surface area (Å²) in [6.07, 6.45) is 0. The second-order valence-electron chi connectivity index (χ2n) is 9.02. The van der Waals surface area contributed by atoms with Gasteiger partial charge in [0.1, 0.15) is 28.6 Å². The summed E-state index contributed by atoms with van der Waals surface area (Å²) in [6.45, 7) is 12.7.